The Bertz CT molecular complexity index is 767. The van der Waals surface area contributed by atoms with Crippen molar-refractivity contribution >= 4 is 29.5 Å². The number of hydrogen-bond acceptors (Lipinski definition) is 5. The van der Waals surface area contributed by atoms with Crippen molar-refractivity contribution in [3.63, 3.8) is 0 Å². The van der Waals surface area contributed by atoms with E-state index in [1.807, 2.05) is 0 Å². The fourth-order valence-electron chi connectivity index (χ4n) is 1.99. The van der Waals surface area contributed by atoms with Crippen LogP contribution in [0.5, 0.6) is 0 Å². The number of hydrogen-bond donors (Lipinski definition) is 2. The number of carbonyl (C=O) groups excluding carboxylic acids is 3. The first-order valence-corrected chi connectivity index (χ1v) is 7.85. The number of esters is 1. The molecule has 7 nitrogen and oxygen atoms in total. The van der Waals surface area contributed by atoms with Gasteiger partial charge >= 0.3 is 12.0 Å². The van der Waals surface area contributed by atoms with E-state index < -0.39 is 24.0 Å². The second kappa shape index (κ2) is 8.79. The highest BCUT2D eigenvalue weighted by Gasteiger charge is 2.27. The van der Waals surface area contributed by atoms with E-state index in [1.165, 1.54) is 18.3 Å². The number of aromatic nitrogens is 1. The van der Waals surface area contributed by atoms with Gasteiger partial charge in [-0.05, 0) is 19.1 Å². The fraction of sp³-hybridized carbons (Fsp3) is 0.176. The number of pyridine rings is 1. The highest BCUT2D eigenvalue weighted by Crippen LogP contribution is 2.20. The first-order chi connectivity index (χ1) is 12.0. The van der Waals surface area contributed by atoms with Crippen LogP contribution in [0.1, 0.15) is 28.9 Å². The number of carbonyl (C=O) groups is 3. The van der Waals surface area contributed by atoms with Gasteiger partial charge in [-0.15, -0.1) is 0 Å². The molecule has 0 aliphatic heterocycles. The number of urea groups is 1. The highest BCUT2D eigenvalue weighted by atomic mass is 35.5. The third-order valence-corrected chi connectivity index (χ3v) is 3.31. The van der Waals surface area contributed by atoms with Gasteiger partial charge in [0, 0.05) is 18.3 Å². The lowest BCUT2D eigenvalue weighted by molar-refractivity contribution is -0.129. The van der Waals surface area contributed by atoms with Crippen molar-refractivity contribution in [3.05, 3.63) is 64.9 Å². The van der Waals surface area contributed by atoms with Crippen LogP contribution in [0.15, 0.2) is 48.7 Å². The Morgan fingerprint density at radius 2 is 1.92 bits per heavy atom. The summed E-state index contributed by atoms with van der Waals surface area (Å²) < 4.78 is 5.30. The van der Waals surface area contributed by atoms with Crippen molar-refractivity contribution in [2.45, 2.75) is 13.0 Å². The second-order valence-corrected chi connectivity index (χ2v) is 5.30. The molecule has 0 aliphatic rings. The molecule has 1 aromatic heterocycles. The summed E-state index contributed by atoms with van der Waals surface area (Å²) in [5.74, 6) is -1.52. The van der Waals surface area contributed by atoms with Gasteiger partial charge in [0.2, 0.25) is 6.10 Å². The molecule has 1 aromatic carbocycles. The first kappa shape index (κ1) is 18.4. The quantitative estimate of drug-likeness (QED) is 0.629. The SMILES string of the molecule is CCNC(=O)NC(=O)C(OC(=O)c1ccnc(Cl)c1)c1ccccc1. The summed E-state index contributed by atoms with van der Waals surface area (Å²) in [5, 5.41) is 4.70. The van der Waals surface area contributed by atoms with E-state index in [2.05, 4.69) is 15.6 Å². The topological polar surface area (TPSA) is 97.4 Å². The maximum absolute atomic E-state index is 12.4. The maximum Gasteiger partial charge on any atom is 0.339 e. The van der Waals surface area contributed by atoms with Gasteiger partial charge in [0.1, 0.15) is 5.15 Å². The zero-order valence-corrected chi connectivity index (χ0v) is 14.1. The van der Waals surface area contributed by atoms with Crippen LogP contribution in [0.3, 0.4) is 0 Å². The number of rotatable bonds is 5. The molecule has 1 heterocycles. The molecule has 8 heteroatoms. The van der Waals surface area contributed by atoms with Crippen molar-refractivity contribution in [1.82, 2.24) is 15.6 Å². The first-order valence-electron chi connectivity index (χ1n) is 7.47. The molecule has 1 unspecified atom stereocenters. The fourth-order valence-corrected chi connectivity index (χ4v) is 2.16. The number of imide groups is 1. The Kier molecular flexibility index (Phi) is 6.47. The van der Waals surface area contributed by atoms with E-state index in [-0.39, 0.29) is 10.7 Å². The normalized spacial score (nSPS) is 11.3. The molecule has 0 saturated carbocycles. The zero-order chi connectivity index (χ0) is 18.2. The monoisotopic (exact) mass is 361 g/mol. The van der Waals surface area contributed by atoms with E-state index in [9.17, 15) is 14.4 Å². The molecule has 0 spiro atoms. The van der Waals surface area contributed by atoms with Crippen LogP contribution < -0.4 is 10.6 Å². The van der Waals surface area contributed by atoms with Gasteiger partial charge in [0.15, 0.2) is 0 Å². The van der Waals surface area contributed by atoms with Gasteiger partial charge in [-0.1, -0.05) is 41.9 Å². The molecule has 2 N–H and O–H groups in total. The van der Waals surface area contributed by atoms with Crippen LogP contribution in [0.2, 0.25) is 5.15 Å². The lowest BCUT2D eigenvalue weighted by atomic mass is 10.1. The minimum atomic E-state index is -1.29. The van der Waals surface area contributed by atoms with Crippen molar-refractivity contribution in [3.8, 4) is 0 Å². The summed E-state index contributed by atoms with van der Waals surface area (Å²) in [6, 6.07) is 10.5. The summed E-state index contributed by atoms with van der Waals surface area (Å²) in [6.07, 6.45) is 0.0637. The van der Waals surface area contributed by atoms with Crippen LogP contribution in [-0.2, 0) is 9.53 Å². The molecule has 130 valence electrons. The summed E-state index contributed by atoms with van der Waals surface area (Å²) in [4.78, 5) is 40.0. The van der Waals surface area contributed by atoms with Gasteiger partial charge in [-0.2, -0.15) is 0 Å². The van der Waals surface area contributed by atoms with Crippen LogP contribution >= 0.6 is 11.6 Å². The van der Waals surface area contributed by atoms with Crippen molar-refractivity contribution < 1.29 is 19.1 Å². The summed E-state index contributed by atoms with van der Waals surface area (Å²) in [6.45, 7) is 2.07. The molecule has 1 atom stereocenters. The van der Waals surface area contributed by atoms with E-state index in [0.29, 0.717) is 12.1 Å². The van der Waals surface area contributed by atoms with Gasteiger partial charge in [0.25, 0.3) is 5.91 Å². The van der Waals surface area contributed by atoms with Gasteiger partial charge < -0.3 is 10.1 Å². The average molecular weight is 362 g/mol. The molecule has 3 amide bonds. The Hall–Kier alpha value is -2.93. The minimum Gasteiger partial charge on any atom is -0.444 e. The number of amides is 3. The average Bonchev–Trinajstić information content (AvgIpc) is 2.60. The van der Waals surface area contributed by atoms with Crippen LogP contribution in [0.25, 0.3) is 0 Å². The molecule has 0 aliphatic carbocycles. The summed E-state index contributed by atoms with van der Waals surface area (Å²) in [7, 11) is 0. The van der Waals surface area contributed by atoms with E-state index in [4.69, 9.17) is 16.3 Å². The van der Waals surface area contributed by atoms with Crippen LogP contribution in [0, 0.1) is 0 Å². The lowest BCUT2D eigenvalue weighted by Gasteiger charge is -2.17. The highest BCUT2D eigenvalue weighted by molar-refractivity contribution is 6.29. The minimum absolute atomic E-state index is 0.123. The number of nitrogens with zero attached hydrogens (tertiary/aromatic N) is 1. The number of halogens is 1. The second-order valence-electron chi connectivity index (χ2n) is 4.91. The van der Waals surface area contributed by atoms with Crippen molar-refractivity contribution in [2.75, 3.05) is 6.54 Å². The Balaban J connectivity index is 2.21. The number of ether oxygens (including phenoxy) is 1. The van der Waals surface area contributed by atoms with Gasteiger partial charge in [-0.3, -0.25) is 10.1 Å². The molecule has 2 rings (SSSR count). The Morgan fingerprint density at radius 3 is 2.56 bits per heavy atom. The molecule has 0 saturated heterocycles. The lowest BCUT2D eigenvalue weighted by Crippen LogP contribution is -2.42. The molecular weight excluding hydrogens is 346 g/mol. The standard InChI is InChI=1S/C17H16ClN3O4/c1-2-19-17(24)21-15(22)14(11-6-4-3-5-7-11)25-16(23)12-8-9-20-13(18)10-12/h3-10,14H,2H2,1H3,(H2,19,21,22,24). The molecular formula is C17H16ClN3O4. The third-order valence-electron chi connectivity index (χ3n) is 3.10. The zero-order valence-electron chi connectivity index (χ0n) is 13.4. The van der Waals surface area contributed by atoms with Crippen LogP contribution in [-0.4, -0.2) is 29.4 Å². The summed E-state index contributed by atoms with van der Waals surface area (Å²) >= 11 is 5.76. The molecule has 0 fully saturated rings. The van der Waals surface area contributed by atoms with E-state index in [1.54, 1.807) is 37.3 Å². The summed E-state index contributed by atoms with van der Waals surface area (Å²) in [5.41, 5.74) is 0.574. The van der Waals surface area contributed by atoms with Crippen molar-refractivity contribution in [2.24, 2.45) is 0 Å². The predicted molar refractivity (Wildman–Crippen MR) is 91.1 cm³/mol. The Morgan fingerprint density at radius 1 is 1.20 bits per heavy atom. The van der Waals surface area contributed by atoms with E-state index in [0.717, 1.165) is 0 Å². The smallest absolute Gasteiger partial charge is 0.339 e. The molecule has 0 radical (unpaired) electrons. The van der Waals surface area contributed by atoms with E-state index >= 15 is 0 Å². The predicted octanol–water partition coefficient (Wildman–Crippen LogP) is 2.48. The van der Waals surface area contributed by atoms with Gasteiger partial charge in [0.05, 0.1) is 5.56 Å². The largest absolute Gasteiger partial charge is 0.444 e. The van der Waals surface area contributed by atoms with Crippen molar-refractivity contribution in [1.29, 1.82) is 0 Å². The number of nitrogens with one attached hydrogen (secondary N) is 2. The third kappa shape index (κ3) is 5.29. The van der Waals surface area contributed by atoms with Gasteiger partial charge in [-0.25, -0.2) is 14.6 Å². The number of benzene rings is 1. The molecule has 25 heavy (non-hydrogen) atoms. The molecule has 0 bridgehead atoms. The maximum atomic E-state index is 12.4. The van der Waals surface area contributed by atoms with Crippen LogP contribution in [0.4, 0.5) is 4.79 Å². The Labute approximate surface area is 149 Å². The molecule has 2 aromatic rings.